The molecule has 0 fully saturated rings. The van der Waals surface area contributed by atoms with E-state index < -0.39 is 0 Å². The SMILES string of the molecule is CCCc1nc2ccc(-c3nc4ccccc4n3C)cc2n1Cc1ccc(-c2ccccc2)cc1. The van der Waals surface area contributed by atoms with Gasteiger partial charge in [0.25, 0.3) is 0 Å². The van der Waals surface area contributed by atoms with Crippen LogP contribution >= 0.6 is 0 Å². The Labute approximate surface area is 205 Å². The molecular formula is C31H28N4. The van der Waals surface area contributed by atoms with Crippen LogP contribution in [-0.4, -0.2) is 19.1 Å². The van der Waals surface area contributed by atoms with Crippen molar-refractivity contribution >= 4 is 22.1 Å². The Kier molecular flexibility index (Phi) is 5.42. The molecule has 0 N–H and O–H groups in total. The van der Waals surface area contributed by atoms with Gasteiger partial charge in [-0.3, -0.25) is 0 Å². The third-order valence-corrected chi connectivity index (χ3v) is 6.75. The maximum atomic E-state index is 5.00. The van der Waals surface area contributed by atoms with E-state index in [1.54, 1.807) is 0 Å². The zero-order valence-corrected chi connectivity index (χ0v) is 20.1. The summed E-state index contributed by atoms with van der Waals surface area (Å²) < 4.78 is 4.55. The second kappa shape index (κ2) is 8.88. The van der Waals surface area contributed by atoms with Gasteiger partial charge in [0.05, 0.1) is 22.1 Å². The Morgan fingerprint density at radius 1 is 0.657 bits per heavy atom. The molecule has 4 heteroatoms. The highest BCUT2D eigenvalue weighted by Gasteiger charge is 2.15. The van der Waals surface area contributed by atoms with Crippen molar-refractivity contribution in [3.8, 4) is 22.5 Å². The van der Waals surface area contributed by atoms with E-state index in [9.17, 15) is 0 Å². The number of hydrogen-bond acceptors (Lipinski definition) is 2. The summed E-state index contributed by atoms with van der Waals surface area (Å²) in [5.74, 6) is 2.11. The smallest absolute Gasteiger partial charge is 0.140 e. The molecule has 2 aromatic heterocycles. The number of benzene rings is 4. The van der Waals surface area contributed by atoms with Gasteiger partial charge in [0, 0.05) is 25.6 Å². The first-order valence-electron chi connectivity index (χ1n) is 12.3. The van der Waals surface area contributed by atoms with Crippen LogP contribution in [0.15, 0.2) is 97.1 Å². The molecule has 0 spiro atoms. The topological polar surface area (TPSA) is 35.6 Å². The molecule has 0 atom stereocenters. The molecule has 6 rings (SSSR count). The molecule has 0 aliphatic heterocycles. The minimum Gasteiger partial charge on any atom is -0.327 e. The van der Waals surface area contributed by atoms with E-state index in [-0.39, 0.29) is 0 Å². The van der Waals surface area contributed by atoms with Crippen molar-refractivity contribution in [3.05, 3.63) is 108 Å². The monoisotopic (exact) mass is 456 g/mol. The average molecular weight is 457 g/mol. The first-order valence-corrected chi connectivity index (χ1v) is 12.3. The number of para-hydroxylation sites is 2. The third kappa shape index (κ3) is 3.91. The van der Waals surface area contributed by atoms with E-state index in [0.717, 1.165) is 58.7 Å². The zero-order valence-electron chi connectivity index (χ0n) is 20.1. The molecule has 0 saturated carbocycles. The predicted octanol–water partition coefficient (Wildman–Crippen LogP) is 7.26. The number of hydrogen-bond donors (Lipinski definition) is 0. The number of rotatable bonds is 6. The Balaban J connectivity index is 1.41. The van der Waals surface area contributed by atoms with Crippen molar-refractivity contribution in [2.45, 2.75) is 26.3 Å². The molecule has 2 heterocycles. The van der Waals surface area contributed by atoms with E-state index >= 15 is 0 Å². The van der Waals surface area contributed by atoms with Crippen molar-refractivity contribution in [1.82, 2.24) is 19.1 Å². The zero-order chi connectivity index (χ0) is 23.8. The first kappa shape index (κ1) is 21.4. The number of fused-ring (bicyclic) bond motifs is 2. The molecule has 35 heavy (non-hydrogen) atoms. The summed E-state index contributed by atoms with van der Waals surface area (Å²) in [7, 11) is 2.09. The summed E-state index contributed by atoms with van der Waals surface area (Å²) >= 11 is 0. The van der Waals surface area contributed by atoms with Gasteiger partial charge < -0.3 is 9.13 Å². The van der Waals surface area contributed by atoms with Crippen molar-refractivity contribution < 1.29 is 0 Å². The molecule has 172 valence electrons. The molecule has 0 aliphatic carbocycles. The van der Waals surface area contributed by atoms with Gasteiger partial charge in [-0.15, -0.1) is 0 Å². The highest BCUT2D eigenvalue weighted by atomic mass is 15.1. The summed E-state index contributed by atoms with van der Waals surface area (Å²) in [6.45, 7) is 3.01. The van der Waals surface area contributed by atoms with Gasteiger partial charge in [-0.1, -0.05) is 73.7 Å². The predicted molar refractivity (Wildman–Crippen MR) is 144 cm³/mol. The van der Waals surface area contributed by atoms with E-state index in [2.05, 4.69) is 114 Å². The summed E-state index contributed by atoms with van der Waals surface area (Å²) in [5, 5.41) is 0. The Bertz CT molecular complexity index is 1620. The summed E-state index contributed by atoms with van der Waals surface area (Å²) in [5.41, 5.74) is 9.22. The van der Waals surface area contributed by atoms with Crippen molar-refractivity contribution in [1.29, 1.82) is 0 Å². The Morgan fingerprint density at radius 2 is 1.34 bits per heavy atom. The number of nitrogens with zero attached hydrogens (tertiary/aromatic N) is 4. The van der Waals surface area contributed by atoms with Crippen LogP contribution < -0.4 is 0 Å². The van der Waals surface area contributed by atoms with Gasteiger partial charge >= 0.3 is 0 Å². The van der Waals surface area contributed by atoms with Crippen LogP contribution in [0, 0.1) is 0 Å². The fraction of sp³-hybridized carbons (Fsp3) is 0.161. The molecule has 0 unspecified atom stereocenters. The van der Waals surface area contributed by atoms with Crippen LogP contribution in [0.2, 0.25) is 0 Å². The van der Waals surface area contributed by atoms with E-state index in [0.29, 0.717) is 0 Å². The second-order valence-corrected chi connectivity index (χ2v) is 9.11. The molecule has 4 nitrogen and oxygen atoms in total. The molecule has 4 aromatic carbocycles. The minimum absolute atomic E-state index is 0.799. The lowest BCUT2D eigenvalue weighted by molar-refractivity contribution is 0.722. The van der Waals surface area contributed by atoms with E-state index in [1.807, 2.05) is 6.07 Å². The van der Waals surface area contributed by atoms with Gasteiger partial charge in [-0.25, -0.2) is 9.97 Å². The standard InChI is InChI=1S/C31H28N4/c1-3-9-30-32-27-19-18-25(31-33-26-12-7-8-13-28(26)34(31)2)20-29(27)35(30)21-22-14-16-24(17-15-22)23-10-5-4-6-11-23/h4-8,10-20H,3,9,21H2,1-2H3. The first-order chi connectivity index (χ1) is 17.2. The second-order valence-electron chi connectivity index (χ2n) is 9.11. The quantitative estimate of drug-likeness (QED) is 0.264. The molecule has 0 aliphatic rings. The minimum atomic E-state index is 0.799. The third-order valence-electron chi connectivity index (χ3n) is 6.75. The maximum Gasteiger partial charge on any atom is 0.140 e. The number of aryl methyl sites for hydroxylation is 2. The van der Waals surface area contributed by atoms with Crippen LogP contribution in [0.3, 0.4) is 0 Å². The highest BCUT2D eigenvalue weighted by Crippen LogP contribution is 2.28. The molecule has 6 aromatic rings. The number of imidazole rings is 2. The van der Waals surface area contributed by atoms with Crippen molar-refractivity contribution in [2.75, 3.05) is 0 Å². The summed E-state index contributed by atoms with van der Waals surface area (Å²) in [6.07, 6.45) is 2.02. The Hall–Kier alpha value is -4.18. The molecule has 0 saturated heterocycles. The van der Waals surface area contributed by atoms with Crippen LogP contribution in [0.25, 0.3) is 44.6 Å². The van der Waals surface area contributed by atoms with Gasteiger partial charge in [0.15, 0.2) is 0 Å². The molecule has 0 amide bonds. The average Bonchev–Trinajstić information content (AvgIpc) is 3.42. The lowest BCUT2D eigenvalue weighted by Gasteiger charge is -2.11. The maximum absolute atomic E-state index is 5.00. The molecule has 0 bridgehead atoms. The molecule has 0 radical (unpaired) electrons. The van der Waals surface area contributed by atoms with E-state index in [1.165, 1.54) is 16.7 Å². The Morgan fingerprint density at radius 3 is 2.11 bits per heavy atom. The van der Waals surface area contributed by atoms with Gasteiger partial charge in [-0.05, 0) is 53.4 Å². The summed E-state index contributed by atoms with van der Waals surface area (Å²) in [4.78, 5) is 9.92. The summed E-state index contributed by atoms with van der Waals surface area (Å²) in [6, 6.07) is 34.3. The lowest BCUT2D eigenvalue weighted by Crippen LogP contribution is -2.05. The van der Waals surface area contributed by atoms with Crippen molar-refractivity contribution in [2.24, 2.45) is 7.05 Å². The fourth-order valence-corrected chi connectivity index (χ4v) is 4.92. The largest absolute Gasteiger partial charge is 0.327 e. The van der Waals surface area contributed by atoms with Gasteiger partial charge in [0.1, 0.15) is 11.6 Å². The van der Waals surface area contributed by atoms with E-state index in [4.69, 9.17) is 9.97 Å². The fourth-order valence-electron chi connectivity index (χ4n) is 4.92. The van der Waals surface area contributed by atoms with Gasteiger partial charge in [-0.2, -0.15) is 0 Å². The van der Waals surface area contributed by atoms with Crippen molar-refractivity contribution in [3.63, 3.8) is 0 Å². The van der Waals surface area contributed by atoms with Gasteiger partial charge in [0.2, 0.25) is 0 Å². The normalized spacial score (nSPS) is 11.5. The lowest BCUT2D eigenvalue weighted by atomic mass is 10.0. The van der Waals surface area contributed by atoms with Crippen LogP contribution in [0.4, 0.5) is 0 Å². The number of aromatic nitrogens is 4. The molecular weight excluding hydrogens is 428 g/mol. The van der Waals surface area contributed by atoms with Crippen LogP contribution in [0.1, 0.15) is 24.7 Å². The highest BCUT2D eigenvalue weighted by molar-refractivity contribution is 5.85. The van der Waals surface area contributed by atoms with Crippen LogP contribution in [-0.2, 0) is 20.0 Å². The van der Waals surface area contributed by atoms with Crippen LogP contribution in [0.5, 0.6) is 0 Å².